The Balaban J connectivity index is 4.53. The summed E-state index contributed by atoms with van der Waals surface area (Å²) in [6.45, 7) is 6.48. The Hall–Kier alpha value is -1.66. The lowest BCUT2D eigenvalue weighted by Crippen LogP contribution is -2.46. The van der Waals surface area contributed by atoms with E-state index in [0.29, 0.717) is 19.3 Å². The lowest BCUT2D eigenvalue weighted by Gasteiger charge is -2.24. The summed E-state index contributed by atoms with van der Waals surface area (Å²) in [5.74, 6) is -0.478. The fourth-order valence-electron chi connectivity index (χ4n) is 8.07. The maximum atomic E-state index is 13.2. The average molecular weight is 832 g/mol. The Labute approximate surface area is 367 Å². The summed E-state index contributed by atoms with van der Waals surface area (Å²) >= 11 is 0. The maximum Gasteiger partial charge on any atom is 0.306 e. The third-order valence-electron chi connectivity index (χ3n) is 12.1. The zero-order chi connectivity index (χ0) is 43.1. The van der Waals surface area contributed by atoms with Crippen LogP contribution in [0.5, 0.6) is 0 Å². The molecule has 0 aliphatic rings. The molecule has 1 amide bonds. The van der Waals surface area contributed by atoms with Crippen LogP contribution in [0.1, 0.15) is 278 Å². The normalized spacial score (nSPS) is 13.4. The van der Waals surface area contributed by atoms with E-state index in [0.717, 1.165) is 57.8 Å². The third kappa shape index (κ3) is 42.8. The first-order valence-electron chi connectivity index (χ1n) is 26.1. The monoisotopic (exact) mass is 832 g/mol. The molecule has 348 valence electrons. The number of nitrogens with one attached hydrogen (secondary N) is 1. The molecule has 0 heterocycles. The van der Waals surface area contributed by atoms with Crippen molar-refractivity contribution in [2.45, 2.75) is 296 Å². The molecule has 59 heavy (non-hydrogen) atoms. The largest absolute Gasteiger partial charge is 0.462 e. The van der Waals surface area contributed by atoms with Crippen LogP contribution >= 0.6 is 0 Å². The number of ether oxygens (including phenoxy) is 1. The Kier molecular flexibility index (Phi) is 46.1. The number of esters is 1. The summed E-state index contributed by atoms with van der Waals surface area (Å²) in [5, 5.41) is 23.7. The van der Waals surface area contributed by atoms with E-state index in [1.807, 2.05) is 0 Å². The van der Waals surface area contributed by atoms with E-state index < -0.39 is 18.2 Å². The zero-order valence-electron chi connectivity index (χ0n) is 39.7. The number of unbranched alkanes of at least 4 members (excludes halogenated alkanes) is 32. The lowest BCUT2D eigenvalue weighted by atomic mass is 10.0. The molecule has 0 fully saturated rings. The number of carbonyl (C=O) groups is 2. The second kappa shape index (κ2) is 47.4. The standard InChI is InChI=1S/C53H101NO5/c1-4-7-10-13-16-19-22-24-25-26-27-28-29-31-34-37-40-43-46-53(58)59-49(44-41-38-35-32-30-23-20-17-14-11-8-5-2)47-52(57)54-50(48-55)51(56)45-42-39-36-33-21-18-15-12-9-6-3/h25-28,49-51,55-56H,4-24,29-48H2,1-3H3,(H,54,57)/b26-25+,28-27+. The van der Waals surface area contributed by atoms with Crippen molar-refractivity contribution in [1.29, 1.82) is 0 Å². The van der Waals surface area contributed by atoms with Crippen LogP contribution in [0.15, 0.2) is 24.3 Å². The molecule has 0 radical (unpaired) electrons. The van der Waals surface area contributed by atoms with Gasteiger partial charge in [0.1, 0.15) is 6.10 Å². The molecule has 3 N–H and O–H groups in total. The molecule has 0 saturated carbocycles. The molecule has 0 aromatic rings. The van der Waals surface area contributed by atoms with Crippen molar-refractivity contribution in [3.8, 4) is 0 Å². The fourth-order valence-corrected chi connectivity index (χ4v) is 8.07. The topological polar surface area (TPSA) is 95.9 Å². The van der Waals surface area contributed by atoms with E-state index in [2.05, 4.69) is 50.4 Å². The van der Waals surface area contributed by atoms with E-state index in [1.165, 1.54) is 173 Å². The molecule has 0 aromatic heterocycles. The molecule has 3 atom stereocenters. The van der Waals surface area contributed by atoms with Gasteiger partial charge in [-0.05, 0) is 51.4 Å². The molecule has 3 unspecified atom stereocenters. The van der Waals surface area contributed by atoms with Gasteiger partial charge < -0.3 is 20.3 Å². The van der Waals surface area contributed by atoms with Gasteiger partial charge in [0.2, 0.25) is 5.91 Å². The Morgan fingerprint density at radius 1 is 0.492 bits per heavy atom. The van der Waals surface area contributed by atoms with Gasteiger partial charge in [-0.2, -0.15) is 0 Å². The average Bonchev–Trinajstić information content (AvgIpc) is 3.23. The minimum Gasteiger partial charge on any atom is -0.462 e. The molecule has 6 nitrogen and oxygen atoms in total. The summed E-state index contributed by atoms with van der Waals surface area (Å²) in [7, 11) is 0. The van der Waals surface area contributed by atoms with Gasteiger partial charge in [-0.3, -0.25) is 9.59 Å². The highest BCUT2D eigenvalue weighted by Gasteiger charge is 2.24. The summed E-state index contributed by atoms with van der Waals surface area (Å²) in [4.78, 5) is 26.1. The van der Waals surface area contributed by atoms with Gasteiger partial charge in [-0.1, -0.05) is 238 Å². The Morgan fingerprint density at radius 3 is 1.25 bits per heavy atom. The SMILES string of the molecule is CCCCCCCCC/C=C/C=C/CCCCCCCC(=O)OC(CCCCCCCCCCCCCC)CC(=O)NC(CO)C(O)CCCCCCCCCCCC. The molecule has 0 spiro atoms. The van der Waals surface area contributed by atoms with Gasteiger partial charge in [0.05, 0.1) is 25.2 Å². The summed E-state index contributed by atoms with van der Waals surface area (Å²) in [6, 6.07) is -0.698. The van der Waals surface area contributed by atoms with Crippen molar-refractivity contribution in [3.63, 3.8) is 0 Å². The second-order valence-electron chi connectivity index (χ2n) is 18.0. The van der Waals surface area contributed by atoms with Gasteiger partial charge in [0.15, 0.2) is 0 Å². The van der Waals surface area contributed by atoms with Crippen molar-refractivity contribution >= 4 is 11.9 Å². The van der Waals surface area contributed by atoms with Crippen molar-refractivity contribution in [3.05, 3.63) is 24.3 Å². The zero-order valence-corrected chi connectivity index (χ0v) is 39.7. The fraction of sp³-hybridized carbons (Fsp3) is 0.887. The number of rotatable bonds is 47. The van der Waals surface area contributed by atoms with Gasteiger partial charge in [-0.15, -0.1) is 0 Å². The number of amides is 1. The highest BCUT2D eigenvalue weighted by atomic mass is 16.5. The maximum absolute atomic E-state index is 13.2. The first-order chi connectivity index (χ1) is 29.0. The first kappa shape index (κ1) is 57.3. The Bertz CT molecular complexity index is 935. The molecule has 0 rings (SSSR count). The van der Waals surface area contributed by atoms with Gasteiger partial charge in [0.25, 0.3) is 0 Å². The molecule has 0 saturated heterocycles. The van der Waals surface area contributed by atoms with Crippen LogP contribution < -0.4 is 5.32 Å². The van der Waals surface area contributed by atoms with Crippen LogP contribution in [-0.4, -0.2) is 46.9 Å². The van der Waals surface area contributed by atoms with Crippen LogP contribution in [0, 0.1) is 0 Å². The molecule has 6 heteroatoms. The summed E-state index contributed by atoms with van der Waals surface area (Å²) in [6.07, 6.45) is 53.8. The summed E-state index contributed by atoms with van der Waals surface area (Å²) < 4.78 is 5.93. The Morgan fingerprint density at radius 2 is 0.847 bits per heavy atom. The van der Waals surface area contributed by atoms with Crippen molar-refractivity contribution in [1.82, 2.24) is 5.32 Å². The van der Waals surface area contributed by atoms with Crippen LogP contribution in [0.25, 0.3) is 0 Å². The predicted octanol–water partition coefficient (Wildman–Crippen LogP) is 15.5. The van der Waals surface area contributed by atoms with Gasteiger partial charge in [0, 0.05) is 6.42 Å². The number of carbonyl (C=O) groups excluding carboxylic acids is 2. The minimum atomic E-state index is -0.785. The second-order valence-corrected chi connectivity index (χ2v) is 18.0. The van der Waals surface area contributed by atoms with E-state index >= 15 is 0 Å². The number of aliphatic hydroxyl groups excluding tert-OH is 2. The number of hydrogen-bond donors (Lipinski definition) is 3. The number of hydrogen-bond acceptors (Lipinski definition) is 5. The van der Waals surface area contributed by atoms with Crippen molar-refractivity contribution < 1.29 is 24.5 Å². The summed E-state index contributed by atoms with van der Waals surface area (Å²) in [5.41, 5.74) is 0. The first-order valence-corrected chi connectivity index (χ1v) is 26.1. The molecule has 0 aromatic carbocycles. The van der Waals surface area contributed by atoms with Gasteiger partial charge in [-0.25, -0.2) is 0 Å². The van der Waals surface area contributed by atoms with Crippen LogP contribution in [0.3, 0.4) is 0 Å². The number of allylic oxidation sites excluding steroid dienone is 4. The van der Waals surface area contributed by atoms with E-state index in [4.69, 9.17) is 4.74 Å². The highest BCUT2D eigenvalue weighted by molar-refractivity contribution is 5.77. The smallest absolute Gasteiger partial charge is 0.306 e. The van der Waals surface area contributed by atoms with E-state index in [1.54, 1.807) is 0 Å². The van der Waals surface area contributed by atoms with Crippen molar-refractivity contribution in [2.75, 3.05) is 6.61 Å². The molecular formula is C53H101NO5. The lowest BCUT2D eigenvalue weighted by molar-refractivity contribution is -0.151. The van der Waals surface area contributed by atoms with E-state index in [9.17, 15) is 19.8 Å². The quantitative estimate of drug-likeness (QED) is 0.0322. The van der Waals surface area contributed by atoms with Crippen LogP contribution in [-0.2, 0) is 14.3 Å². The minimum absolute atomic E-state index is 0.0765. The highest BCUT2D eigenvalue weighted by Crippen LogP contribution is 2.18. The van der Waals surface area contributed by atoms with Crippen LogP contribution in [0.2, 0.25) is 0 Å². The molecule has 0 bridgehead atoms. The molecule has 0 aliphatic heterocycles. The van der Waals surface area contributed by atoms with Crippen LogP contribution in [0.4, 0.5) is 0 Å². The molecule has 0 aliphatic carbocycles. The van der Waals surface area contributed by atoms with Crippen molar-refractivity contribution in [2.24, 2.45) is 0 Å². The third-order valence-corrected chi connectivity index (χ3v) is 12.1. The van der Waals surface area contributed by atoms with Gasteiger partial charge >= 0.3 is 5.97 Å². The van der Waals surface area contributed by atoms with E-state index in [-0.39, 0.29) is 24.9 Å². The molecular weight excluding hydrogens is 731 g/mol. The number of aliphatic hydroxyl groups is 2. The predicted molar refractivity (Wildman–Crippen MR) is 255 cm³/mol.